The zero-order valence-corrected chi connectivity index (χ0v) is 11.7. The third-order valence-electron chi connectivity index (χ3n) is 2.65. The second kappa shape index (κ2) is 8.16. The van der Waals surface area contributed by atoms with Crippen LogP contribution in [-0.4, -0.2) is 30.5 Å². The molecule has 100 valence electrons. The first-order chi connectivity index (χ1) is 8.67. The van der Waals surface area contributed by atoms with Crippen LogP contribution in [0.15, 0.2) is 24.3 Å². The zero-order chi connectivity index (χ0) is 13.4. The number of carbonyl (C=O) groups is 1. The Morgan fingerprint density at radius 1 is 1.39 bits per heavy atom. The summed E-state index contributed by atoms with van der Waals surface area (Å²) in [6.07, 6.45) is 0.322. The van der Waals surface area contributed by atoms with Crippen molar-refractivity contribution in [1.82, 2.24) is 0 Å². The molecule has 1 N–H and O–H groups in total. The van der Waals surface area contributed by atoms with Gasteiger partial charge in [0.15, 0.2) is 0 Å². The maximum Gasteiger partial charge on any atom is 0.309 e. The number of benzene rings is 1. The molecule has 0 aromatic heterocycles. The largest absolute Gasteiger partial charge is 0.469 e. The second-order valence-electron chi connectivity index (χ2n) is 4.32. The average Bonchev–Trinajstić information content (AvgIpc) is 2.40. The van der Waals surface area contributed by atoms with Gasteiger partial charge in [0.2, 0.25) is 0 Å². The molecule has 0 fully saturated rings. The number of thioether (sulfide) groups is 1. The topological polar surface area (TPSA) is 46.5 Å². The number of methoxy groups -OCH3 is 1. The highest BCUT2D eigenvalue weighted by molar-refractivity contribution is 7.98. The minimum atomic E-state index is -0.212. The Morgan fingerprint density at radius 2 is 2.06 bits per heavy atom. The van der Waals surface area contributed by atoms with Crippen molar-refractivity contribution in [2.75, 3.05) is 19.5 Å². The number of esters is 1. The van der Waals surface area contributed by atoms with Gasteiger partial charge in [-0.2, -0.15) is 11.8 Å². The van der Waals surface area contributed by atoms with Gasteiger partial charge in [0.05, 0.1) is 13.5 Å². The molecule has 0 heterocycles. The molecule has 0 amide bonds. The van der Waals surface area contributed by atoms with E-state index in [1.807, 2.05) is 31.2 Å². The molecule has 0 saturated carbocycles. The van der Waals surface area contributed by atoms with Gasteiger partial charge in [0.1, 0.15) is 0 Å². The molecule has 3 nitrogen and oxygen atoms in total. The SMILES string of the molecule is COC(=O)Cc1ccccc1CSCC(C)CO. The van der Waals surface area contributed by atoms with Crippen LogP contribution in [0.25, 0.3) is 0 Å². The molecule has 0 aliphatic rings. The Bertz CT molecular complexity index is 379. The normalized spacial score (nSPS) is 12.2. The molecule has 0 radical (unpaired) electrons. The Kier molecular flexibility index (Phi) is 6.83. The van der Waals surface area contributed by atoms with Crippen LogP contribution < -0.4 is 0 Å². The van der Waals surface area contributed by atoms with Crippen LogP contribution in [0.1, 0.15) is 18.1 Å². The molecule has 0 aliphatic carbocycles. The van der Waals surface area contributed by atoms with Crippen molar-refractivity contribution in [3.63, 3.8) is 0 Å². The van der Waals surface area contributed by atoms with E-state index in [0.29, 0.717) is 12.3 Å². The lowest BCUT2D eigenvalue weighted by Gasteiger charge is -2.10. The maximum atomic E-state index is 11.3. The molecule has 1 unspecified atom stereocenters. The van der Waals surface area contributed by atoms with Crippen LogP contribution in [0, 0.1) is 5.92 Å². The molecule has 1 aromatic rings. The molecule has 0 saturated heterocycles. The van der Waals surface area contributed by atoms with Crippen molar-refractivity contribution in [1.29, 1.82) is 0 Å². The van der Waals surface area contributed by atoms with Gasteiger partial charge in [-0.25, -0.2) is 0 Å². The standard InChI is InChI=1S/C14H20O3S/c1-11(8-15)9-18-10-13-6-4-3-5-12(13)7-14(16)17-2/h3-6,11,15H,7-10H2,1-2H3. The van der Waals surface area contributed by atoms with Crippen LogP contribution in [0.5, 0.6) is 0 Å². The van der Waals surface area contributed by atoms with Gasteiger partial charge in [-0.1, -0.05) is 31.2 Å². The van der Waals surface area contributed by atoms with E-state index in [-0.39, 0.29) is 12.6 Å². The third kappa shape index (κ3) is 5.10. The lowest BCUT2D eigenvalue weighted by Crippen LogP contribution is -2.07. The Morgan fingerprint density at radius 3 is 2.67 bits per heavy atom. The first-order valence-electron chi connectivity index (χ1n) is 5.99. The van der Waals surface area contributed by atoms with Gasteiger partial charge in [0.25, 0.3) is 0 Å². The minimum Gasteiger partial charge on any atom is -0.469 e. The molecule has 0 bridgehead atoms. The Hall–Kier alpha value is -1.00. The highest BCUT2D eigenvalue weighted by Gasteiger charge is 2.08. The number of aliphatic hydroxyl groups is 1. The Balaban J connectivity index is 2.56. The number of ether oxygens (including phenoxy) is 1. The second-order valence-corrected chi connectivity index (χ2v) is 5.35. The first-order valence-corrected chi connectivity index (χ1v) is 7.15. The molecule has 1 aromatic carbocycles. The summed E-state index contributed by atoms with van der Waals surface area (Å²) in [6.45, 7) is 2.24. The molecular weight excluding hydrogens is 248 g/mol. The van der Waals surface area contributed by atoms with Crippen molar-refractivity contribution in [2.24, 2.45) is 5.92 Å². The summed E-state index contributed by atoms with van der Waals surface area (Å²) in [4.78, 5) is 11.3. The van der Waals surface area contributed by atoms with Gasteiger partial charge in [-0.05, 0) is 22.8 Å². The van der Waals surface area contributed by atoms with Gasteiger partial charge < -0.3 is 9.84 Å². The highest BCUT2D eigenvalue weighted by Crippen LogP contribution is 2.19. The fourth-order valence-corrected chi connectivity index (χ4v) is 2.65. The van der Waals surface area contributed by atoms with Gasteiger partial charge in [0, 0.05) is 12.4 Å². The van der Waals surface area contributed by atoms with Crippen LogP contribution in [0.3, 0.4) is 0 Å². The number of hydrogen-bond acceptors (Lipinski definition) is 4. The molecule has 18 heavy (non-hydrogen) atoms. The molecule has 1 atom stereocenters. The van der Waals surface area contributed by atoms with E-state index in [1.165, 1.54) is 7.11 Å². The number of rotatable bonds is 7. The van der Waals surface area contributed by atoms with Crippen LogP contribution in [-0.2, 0) is 21.7 Å². The van der Waals surface area contributed by atoms with Gasteiger partial charge in [-0.15, -0.1) is 0 Å². The van der Waals surface area contributed by atoms with Crippen LogP contribution in [0.2, 0.25) is 0 Å². The van der Waals surface area contributed by atoms with Crippen molar-refractivity contribution in [2.45, 2.75) is 19.1 Å². The van der Waals surface area contributed by atoms with E-state index in [2.05, 4.69) is 0 Å². The lowest BCUT2D eigenvalue weighted by atomic mass is 10.1. The monoisotopic (exact) mass is 268 g/mol. The van der Waals surface area contributed by atoms with E-state index in [1.54, 1.807) is 11.8 Å². The summed E-state index contributed by atoms with van der Waals surface area (Å²) >= 11 is 1.78. The van der Waals surface area contributed by atoms with E-state index < -0.39 is 0 Å². The van der Waals surface area contributed by atoms with E-state index in [0.717, 1.165) is 22.6 Å². The number of carbonyl (C=O) groups excluding carboxylic acids is 1. The summed E-state index contributed by atoms with van der Waals surface area (Å²) in [6, 6.07) is 7.91. The Labute approximate surface area is 113 Å². The zero-order valence-electron chi connectivity index (χ0n) is 10.9. The predicted octanol–water partition coefficient (Wildman–Crippen LogP) is 2.26. The molecule has 4 heteroatoms. The van der Waals surface area contributed by atoms with Gasteiger partial charge >= 0.3 is 5.97 Å². The highest BCUT2D eigenvalue weighted by atomic mass is 32.2. The maximum absolute atomic E-state index is 11.3. The summed E-state index contributed by atoms with van der Waals surface area (Å²) in [5, 5.41) is 8.96. The summed E-state index contributed by atoms with van der Waals surface area (Å²) in [5.41, 5.74) is 2.19. The quantitative estimate of drug-likeness (QED) is 0.771. The minimum absolute atomic E-state index is 0.212. The molecule has 0 spiro atoms. The number of aliphatic hydroxyl groups excluding tert-OH is 1. The van der Waals surface area contributed by atoms with E-state index in [9.17, 15) is 4.79 Å². The molecule has 0 aliphatic heterocycles. The molecular formula is C14H20O3S. The summed E-state index contributed by atoms with van der Waals surface area (Å²) in [7, 11) is 1.41. The first kappa shape index (κ1) is 15.1. The average molecular weight is 268 g/mol. The third-order valence-corrected chi connectivity index (χ3v) is 3.97. The fraction of sp³-hybridized carbons (Fsp3) is 0.500. The molecule has 1 rings (SSSR count). The predicted molar refractivity (Wildman–Crippen MR) is 74.6 cm³/mol. The van der Waals surface area contributed by atoms with Crippen molar-refractivity contribution in [3.05, 3.63) is 35.4 Å². The van der Waals surface area contributed by atoms with E-state index in [4.69, 9.17) is 9.84 Å². The summed E-state index contributed by atoms with van der Waals surface area (Å²) in [5.74, 6) is 1.87. The fourth-order valence-electron chi connectivity index (χ4n) is 1.52. The number of hydrogen-bond donors (Lipinski definition) is 1. The van der Waals surface area contributed by atoms with Crippen molar-refractivity contribution < 1.29 is 14.6 Å². The lowest BCUT2D eigenvalue weighted by molar-refractivity contribution is -0.139. The summed E-state index contributed by atoms with van der Waals surface area (Å²) < 4.78 is 4.69. The van der Waals surface area contributed by atoms with Gasteiger partial charge in [-0.3, -0.25) is 4.79 Å². The van der Waals surface area contributed by atoms with E-state index >= 15 is 0 Å². The van der Waals surface area contributed by atoms with Crippen molar-refractivity contribution >= 4 is 17.7 Å². The van der Waals surface area contributed by atoms with Crippen molar-refractivity contribution in [3.8, 4) is 0 Å². The van der Waals surface area contributed by atoms with Crippen LogP contribution in [0.4, 0.5) is 0 Å². The smallest absolute Gasteiger partial charge is 0.309 e. The van der Waals surface area contributed by atoms with Crippen LogP contribution >= 0.6 is 11.8 Å².